The molecule has 4 heteroatoms. The minimum atomic E-state index is 0.325. The first-order chi connectivity index (χ1) is 7.06. The molecule has 1 aromatic heterocycles. The predicted octanol–water partition coefficient (Wildman–Crippen LogP) is 1.64. The maximum absolute atomic E-state index is 5.77. The van der Waals surface area contributed by atoms with Crippen LogP contribution in [0.5, 0.6) is 0 Å². The molecule has 1 fully saturated rings. The average molecular weight is 206 g/mol. The first-order valence-electron chi connectivity index (χ1n) is 5.45. The van der Waals surface area contributed by atoms with Crippen LogP contribution in [0, 0.1) is 5.92 Å². The van der Waals surface area contributed by atoms with Crippen LogP contribution in [0.25, 0.3) is 0 Å². The summed E-state index contributed by atoms with van der Waals surface area (Å²) in [6.07, 6.45) is 0. The molecule has 0 spiro atoms. The number of nitrogens with two attached hydrogens (primary N) is 1. The Balaban J connectivity index is 2.24. The third kappa shape index (κ3) is 2.03. The minimum Gasteiger partial charge on any atom is -0.384 e. The number of nitrogen functional groups attached to an aromatic ring is 1. The number of nitrogens with zero attached hydrogens (tertiary/aromatic N) is 3. The summed E-state index contributed by atoms with van der Waals surface area (Å²) in [5.41, 5.74) is 5.77. The lowest BCUT2D eigenvalue weighted by molar-refractivity contribution is 0.442. The molecule has 15 heavy (non-hydrogen) atoms. The minimum absolute atomic E-state index is 0.325. The highest BCUT2D eigenvalue weighted by Crippen LogP contribution is 2.24. The molecule has 2 heterocycles. The Morgan fingerprint density at radius 2 is 2.07 bits per heavy atom. The van der Waals surface area contributed by atoms with E-state index in [9.17, 15) is 0 Å². The Morgan fingerprint density at radius 1 is 1.40 bits per heavy atom. The molecule has 0 amide bonds. The molecule has 2 rings (SSSR count). The van der Waals surface area contributed by atoms with E-state index in [1.165, 1.54) is 0 Å². The second-order valence-electron chi connectivity index (χ2n) is 4.67. The summed E-state index contributed by atoms with van der Waals surface area (Å²) in [6.45, 7) is 8.56. The summed E-state index contributed by atoms with van der Waals surface area (Å²) >= 11 is 0. The molecule has 0 aromatic carbocycles. The molecule has 82 valence electrons. The van der Waals surface area contributed by atoms with E-state index in [2.05, 4.69) is 35.6 Å². The van der Waals surface area contributed by atoms with Gasteiger partial charge in [-0.2, -0.15) is 0 Å². The molecule has 1 aromatic rings. The Labute approximate surface area is 90.5 Å². The molecule has 0 radical (unpaired) electrons. The first kappa shape index (κ1) is 10.2. The van der Waals surface area contributed by atoms with Gasteiger partial charge < -0.3 is 10.6 Å². The fraction of sp³-hybridized carbons (Fsp3) is 0.636. The van der Waals surface area contributed by atoms with Crippen LogP contribution < -0.4 is 10.6 Å². The third-order valence-electron chi connectivity index (χ3n) is 2.65. The van der Waals surface area contributed by atoms with Gasteiger partial charge in [0.25, 0.3) is 0 Å². The van der Waals surface area contributed by atoms with Crippen molar-refractivity contribution in [2.45, 2.75) is 26.7 Å². The van der Waals surface area contributed by atoms with Gasteiger partial charge in [0.2, 0.25) is 0 Å². The van der Waals surface area contributed by atoms with Gasteiger partial charge in [-0.1, -0.05) is 20.8 Å². The number of aromatic nitrogens is 2. The van der Waals surface area contributed by atoms with Crippen LogP contribution in [0.1, 0.15) is 32.5 Å². The van der Waals surface area contributed by atoms with Crippen LogP contribution >= 0.6 is 0 Å². The van der Waals surface area contributed by atoms with Crippen molar-refractivity contribution in [1.29, 1.82) is 0 Å². The van der Waals surface area contributed by atoms with E-state index in [1.807, 2.05) is 6.07 Å². The van der Waals surface area contributed by atoms with Crippen LogP contribution in [0.3, 0.4) is 0 Å². The zero-order chi connectivity index (χ0) is 11.0. The predicted molar refractivity (Wildman–Crippen MR) is 61.9 cm³/mol. The molecule has 0 unspecified atom stereocenters. The largest absolute Gasteiger partial charge is 0.384 e. The maximum Gasteiger partial charge on any atom is 0.135 e. The highest BCUT2D eigenvalue weighted by molar-refractivity contribution is 5.49. The lowest BCUT2D eigenvalue weighted by atomic mass is 10.0. The summed E-state index contributed by atoms with van der Waals surface area (Å²) < 4.78 is 0. The van der Waals surface area contributed by atoms with Crippen molar-refractivity contribution >= 4 is 11.6 Å². The fourth-order valence-corrected chi connectivity index (χ4v) is 1.78. The van der Waals surface area contributed by atoms with Crippen LogP contribution in [-0.2, 0) is 0 Å². The number of anilines is 2. The molecule has 1 aliphatic heterocycles. The van der Waals surface area contributed by atoms with Crippen molar-refractivity contribution in [3.05, 3.63) is 11.9 Å². The highest BCUT2D eigenvalue weighted by atomic mass is 15.2. The van der Waals surface area contributed by atoms with Gasteiger partial charge in [0.05, 0.1) is 0 Å². The topological polar surface area (TPSA) is 55.0 Å². The zero-order valence-electron chi connectivity index (χ0n) is 9.57. The van der Waals surface area contributed by atoms with E-state index >= 15 is 0 Å². The van der Waals surface area contributed by atoms with Gasteiger partial charge in [-0.05, 0) is 5.92 Å². The van der Waals surface area contributed by atoms with Crippen molar-refractivity contribution < 1.29 is 0 Å². The quantitative estimate of drug-likeness (QED) is 0.799. The smallest absolute Gasteiger partial charge is 0.135 e. The van der Waals surface area contributed by atoms with Crippen LogP contribution in [0.4, 0.5) is 11.6 Å². The number of hydrogen-bond donors (Lipinski definition) is 1. The van der Waals surface area contributed by atoms with Gasteiger partial charge in [-0.15, -0.1) is 0 Å². The van der Waals surface area contributed by atoms with Crippen molar-refractivity contribution in [3.8, 4) is 0 Å². The maximum atomic E-state index is 5.77. The summed E-state index contributed by atoms with van der Waals surface area (Å²) in [5.74, 6) is 3.48. The second-order valence-corrected chi connectivity index (χ2v) is 4.67. The standard InChI is InChI=1S/C11H18N4/c1-7(2)11-13-9(12)4-10(14-11)15-5-8(3)6-15/h4,7-8H,5-6H2,1-3H3,(H2,12,13,14). The van der Waals surface area contributed by atoms with Crippen molar-refractivity contribution in [2.24, 2.45) is 5.92 Å². The van der Waals surface area contributed by atoms with Gasteiger partial charge in [-0.3, -0.25) is 0 Å². The van der Waals surface area contributed by atoms with Crippen molar-refractivity contribution in [3.63, 3.8) is 0 Å². The molecule has 2 N–H and O–H groups in total. The molecule has 0 saturated carbocycles. The van der Waals surface area contributed by atoms with Gasteiger partial charge >= 0.3 is 0 Å². The zero-order valence-corrected chi connectivity index (χ0v) is 9.57. The van der Waals surface area contributed by atoms with Crippen molar-refractivity contribution in [2.75, 3.05) is 23.7 Å². The Kier molecular flexibility index (Phi) is 2.50. The Hall–Kier alpha value is -1.32. The third-order valence-corrected chi connectivity index (χ3v) is 2.65. The molecule has 1 aliphatic rings. The molecule has 0 atom stereocenters. The van der Waals surface area contributed by atoms with Gasteiger partial charge in [0.1, 0.15) is 17.5 Å². The average Bonchev–Trinajstić information content (AvgIpc) is 2.12. The Morgan fingerprint density at radius 3 is 2.60 bits per heavy atom. The summed E-state index contributed by atoms with van der Waals surface area (Å²) in [5, 5.41) is 0. The molecular formula is C11H18N4. The Bertz CT molecular complexity index is 356. The first-order valence-corrected chi connectivity index (χ1v) is 5.45. The van der Waals surface area contributed by atoms with Crippen LogP contribution in [-0.4, -0.2) is 23.1 Å². The normalized spacial score (nSPS) is 16.9. The monoisotopic (exact) mass is 206 g/mol. The van der Waals surface area contributed by atoms with E-state index in [0.717, 1.165) is 30.6 Å². The summed E-state index contributed by atoms with van der Waals surface area (Å²) in [4.78, 5) is 11.0. The van der Waals surface area contributed by atoms with Crippen LogP contribution in [0.2, 0.25) is 0 Å². The van der Waals surface area contributed by atoms with Gasteiger partial charge in [0.15, 0.2) is 0 Å². The summed E-state index contributed by atoms with van der Waals surface area (Å²) in [7, 11) is 0. The van der Waals surface area contributed by atoms with E-state index in [4.69, 9.17) is 5.73 Å². The van der Waals surface area contributed by atoms with Crippen LogP contribution in [0.15, 0.2) is 6.07 Å². The lowest BCUT2D eigenvalue weighted by Crippen LogP contribution is -2.45. The van der Waals surface area contributed by atoms with Gasteiger partial charge in [0, 0.05) is 25.1 Å². The molecule has 0 aliphatic carbocycles. The number of rotatable bonds is 2. The molecule has 1 saturated heterocycles. The summed E-state index contributed by atoms with van der Waals surface area (Å²) in [6, 6.07) is 1.86. The van der Waals surface area contributed by atoms with E-state index in [-0.39, 0.29) is 0 Å². The van der Waals surface area contributed by atoms with E-state index < -0.39 is 0 Å². The fourth-order valence-electron chi connectivity index (χ4n) is 1.78. The van der Waals surface area contributed by atoms with Crippen molar-refractivity contribution in [1.82, 2.24) is 9.97 Å². The number of hydrogen-bond acceptors (Lipinski definition) is 4. The SMILES string of the molecule is CC1CN(c2cc(N)nc(C(C)C)n2)C1. The second kappa shape index (κ2) is 3.68. The molecule has 4 nitrogen and oxygen atoms in total. The van der Waals surface area contributed by atoms with E-state index in [0.29, 0.717) is 11.7 Å². The molecule has 0 bridgehead atoms. The van der Waals surface area contributed by atoms with E-state index in [1.54, 1.807) is 0 Å². The lowest BCUT2D eigenvalue weighted by Gasteiger charge is -2.38. The molecular weight excluding hydrogens is 188 g/mol. The van der Waals surface area contributed by atoms with Gasteiger partial charge in [-0.25, -0.2) is 9.97 Å². The highest BCUT2D eigenvalue weighted by Gasteiger charge is 2.24.